The Morgan fingerprint density at radius 1 is 1.24 bits per heavy atom. The number of aromatic nitrogens is 1. The van der Waals surface area contributed by atoms with Gasteiger partial charge in [0, 0.05) is 26.3 Å². The van der Waals surface area contributed by atoms with Gasteiger partial charge in [0.1, 0.15) is 0 Å². The van der Waals surface area contributed by atoms with Crippen molar-refractivity contribution in [3.05, 3.63) is 41.9 Å². The molecule has 0 spiro atoms. The molecule has 1 aromatic carbocycles. The van der Waals surface area contributed by atoms with Gasteiger partial charge in [-0.25, -0.2) is 4.98 Å². The van der Waals surface area contributed by atoms with Crippen molar-refractivity contribution in [2.45, 2.75) is 32.9 Å². The number of nitrogens with one attached hydrogen (secondary N) is 2. The molecule has 0 bridgehead atoms. The third kappa shape index (κ3) is 6.66. The second-order valence-electron chi connectivity index (χ2n) is 6.23. The van der Waals surface area contributed by atoms with E-state index >= 15 is 0 Å². The van der Waals surface area contributed by atoms with Gasteiger partial charge >= 0.3 is 0 Å². The Labute approximate surface area is 166 Å². The van der Waals surface area contributed by atoms with Crippen LogP contribution < -0.4 is 10.6 Å². The predicted molar refractivity (Wildman–Crippen MR) is 111 cm³/mol. The van der Waals surface area contributed by atoms with E-state index in [0.717, 1.165) is 11.3 Å². The lowest BCUT2D eigenvalue weighted by Crippen LogP contribution is -2.45. The first-order chi connectivity index (χ1) is 11.4. The molecular weight excluding hydrogens is 431 g/mol. The quantitative estimate of drug-likeness (QED) is 0.395. The number of aliphatic imine (C=N–C) groups is 1. The van der Waals surface area contributed by atoms with Crippen LogP contribution in [0.15, 0.2) is 39.9 Å². The molecule has 0 atom stereocenters. The van der Waals surface area contributed by atoms with E-state index in [-0.39, 0.29) is 29.6 Å². The van der Waals surface area contributed by atoms with Crippen molar-refractivity contribution < 1.29 is 9.15 Å². The fourth-order valence-electron chi connectivity index (χ4n) is 1.99. The number of guanidine groups is 1. The smallest absolute Gasteiger partial charge is 0.214 e. The highest BCUT2D eigenvalue weighted by atomic mass is 127. The first-order valence-corrected chi connectivity index (χ1v) is 7.95. The summed E-state index contributed by atoms with van der Waals surface area (Å²) >= 11 is 0. The summed E-state index contributed by atoms with van der Waals surface area (Å²) in [5.74, 6) is 2.05. The number of methoxy groups -OCH3 is 1. The maximum atomic E-state index is 5.79. The van der Waals surface area contributed by atoms with Gasteiger partial charge in [-0.15, -0.1) is 24.0 Å². The number of ether oxygens (including phenoxy) is 1. The SMILES string of the molecule is CN=C(NCc1ncc(-c2ccc(C)cc2)o1)NCC(C)(C)OC.I. The van der Waals surface area contributed by atoms with E-state index in [4.69, 9.17) is 9.15 Å². The average Bonchev–Trinajstić information content (AvgIpc) is 3.04. The highest BCUT2D eigenvalue weighted by molar-refractivity contribution is 14.0. The third-order valence-corrected chi connectivity index (χ3v) is 3.75. The zero-order chi connectivity index (χ0) is 17.6. The summed E-state index contributed by atoms with van der Waals surface area (Å²) in [6.45, 7) is 7.18. The van der Waals surface area contributed by atoms with E-state index in [2.05, 4.69) is 39.7 Å². The highest BCUT2D eigenvalue weighted by Crippen LogP contribution is 2.20. The van der Waals surface area contributed by atoms with Crippen molar-refractivity contribution in [1.82, 2.24) is 15.6 Å². The Morgan fingerprint density at radius 2 is 1.92 bits per heavy atom. The Hall–Kier alpha value is -1.61. The van der Waals surface area contributed by atoms with Crippen LogP contribution in [0, 0.1) is 6.92 Å². The lowest BCUT2D eigenvalue weighted by molar-refractivity contribution is 0.0268. The van der Waals surface area contributed by atoms with E-state index in [1.54, 1.807) is 20.4 Å². The molecule has 2 aromatic rings. The number of oxazole rings is 1. The minimum Gasteiger partial charge on any atom is -0.439 e. The summed E-state index contributed by atoms with van der Waals surface area (Å²) in [6, 6.07) is 8.17. The average molecular weight is 458 g/mol. The Kier molecular flexibility index (Phi) is 8.37. The maximum Gasteiger partial charge on any atom is 0.214 e. The summed E-state index contributed by atoms with van der Waals surface area (Å²) in [5, 5.41) is 6.40. The summed E-state index contributed by atoms with van der Waals surface area (Å²) in [5.41, 5.74) is 1.97. The van der Waals surface area contributed by atoms with Gasteiger partial charge in [0.15, 0.2) is 11.7 Å². The van der Waals surface area contributed by atoms with Crippen LogP contribution in [0.4, 0.5) is 0 Å². The molecule has 2 N–H and O–H groups in total. The molecule has 7 heteroatoms. The fraction of sp³-hybridized carbons (Fsp3) is 0.444. The van der Waals surface area contributed by atoms with Crippen LogP contribution in [0.5, 0.6) is 0 Å². The molecule has 0 saturated heterocycles. The molecule has 0 aliphatic carbocycles. The highest BCUT2D eigenvalue weighted by Gasteiger charge is 2.16. The Balaban J connectivity index is 0.00000312. The summed E-state index contributed by atoms with van der Waals surface area (Å²) < 4.78 is 11.2. The molecule has 0 saturated carbocycles. The zero-order valence-corrected chi connectivity index (χ0v) is 17.8. The van der Waals surface area contributed by atoms with Crippen molar-refractivity contribution in [3.63, 3.8) is 0 Å². The molecule has 1 aromatic heterocycles. The van der Waals surface area contributed by atoms with Gasteiger partial charge in [-0.1, -0.05) is 29.8 Å². The molecule has 0 aliphatic heterocycles. The minimum absolute atomic E-state index is 0. The number of hydrogen-bond donors (Lipinski definition) is 2. The lowest BCUT2D eigenvalue weighted by atomic mass is 10.1. The van der Waals surface area contributed by atoms with Gasteiger partial charge in [0.2, 0.25) is 5.89 Å². The van der Waals surface area contributed by atoms with E-state index in [9.17, 15) is 0 Å². The minimum atomic E-state index is -0.265. The van der Waals surface area contributed by atoms with E-state index < -0.39 is 0 Å². The van der Waals surface area contributed by atoms with Gasteiger partial charge < -0.3 is 19.8 Å². The molecule has 0 fully saturated rings. The molecule has 6 nitrogen and oxygen atoms in total. The van der Waals surface area contributed by atoms with Crippen LogP contribution in [-0.2, 0) is 11.3 Å². The van der Waals surface area contributed by atoms with Crippen LogP contribution in [0.2, 0.25) is 0 Å². The van der Waals surface area contributed by atoms with Crippen molar-refractivity contribution in [2.75, 3.05) is 20.7 Å². The molecule has 0 amide bonds. The van der Waals surface area contributed by atoms with Gasteiger partial charge in [-0.3, -0.25) is 4.99 Å². The van der Waals surface area contributed by atoms with Gasteiger partial charge in [-0.2, -0.15) is 0 Å². The first-order valence-electron chi connectivity index (χ1n) is 7.95. The Bertz CT molecular complexity index is 681. The third-order valence-electron chi connectivity index (χ3n) is 3.75. The van der Waals surface area contributed by atoms with Gasteiger partial charge in [0.05, 0.1) is 18.3 Å². The molecule has 1 heterocycles. The van der Waals surface area contributed by atoms with Crippen molar-refractivity contribution >= 4 is 29.9 Å². The summed E-state index contributed by atoms with van der Waals surface area (Å²) in [7, 11) is 3.42. The van der Waals surface area contributed by atoms with E-state index in [1.165, 1.54) is 5.56 Å². The monoisotopic (exact) mass is 458 g/mol. The molecule has 2 rings (SSSR count). The zero-order valence-electron chi connectivity index (χ0n) is 15.4. The second kappa shape index (κ2) is 9.76. The molecule has 0 unspecified atom stereocenters. The van der Waals surface area contributed by atoms with Gasteiger partial charge in [-0.05, 0) is 20.8 Å². The van der Waals surface area contributed by atoms with Crippen molar-refractivity contribution in [3.8, 4) is 11.3 Å². The molecule has 0 radical (unpaired) electrons. The first kappa shape index (κ1) is 21.4. The predicted octanol–water partition coefficient (Wildman–Crippen LogP) is 3.36. The van der Waals surface area contributed by atoms with E-state index in [0.29, 0.717) is 24.9 Å². The van der Waals surface area contributed by atoms with Crippen LogP contribution in [0.3, 0.4) is 0 Å². The molecular formula is C18H27IN4O2. The topological polar surface area (TPSA) is 71.7 Å². The number of nitrogens with zero attached hydrogens (tertiary/aromatic N) is 2. The number of hydrogen-bond acceptors (Lipinski definition) is 4. The molecule has 25 heavy (non-hydrogen) atoms. The number of halogens is 1. The van der Waals surface area contributed by atoms with Crippen LogP contribution in [0.25, 0.3) is 11.3 Å². The maximum absolute atomic E-state index is 5.79. The lowest BCUT2D eigenvalue weighted by Gasteiger charge is -2.24. The summed E-state index contributed by atoms with van der Waals surface area (Å²) in [4.78, 5) is 8.49. The van der Waals surface area contributed by atoms with Crippen LogP contribution >= 0.6 is 24.0 Å². The van der Waals surface area contributed by atoms with Crippen molar-refractivity contribution in [2.24, 2.45) is 4.99 Å². The Morgan fingerprint density at radius 3 is 2.52 bits per heavy atom. The number of benzene rings is 1. The molecule has 138 valence electrons. The molecule has 0 aliphatic rings. The van der Waals surface area contributed by atoms with E-state index in [1.807, 2.05) is 26.0 Å². The summed E-state index contributed by atoms with van der Waals surface area (Å²) in [6.07, 6.45) is 1.74. The number of rotatable bonds is 6. The largest absolute Gasteiger partial charge is 0.439 e. The van der Waals surface area contributed by atoms with Crippen LogP contribution in [-0.4, -0.2) is 37.2 Å². The fourth-order valence-corrected chi connectivity index (χ4v) is 1.99. The second-order valence-corrected chi connectivity index (χ2v) is 6.23. The normalized spacial score (nSPS) is 11.8. The standard InChI is InChI=1S/C18H26N4O2.HI/c1-13-6-8-14(9-7-13)15-10-20-16(24-15)11-21-17(19-4)22-12-18(2,3)23-5;/h6-10H,11-12H2,1-5H3,(H2,19,21,22);1H. The van der Waals surface area contributed by atoms with Crippen LogP contribution in [0.1, 0.15) is 25.3 Å². The number of aryl methyl sites for hydroxylation is 1. The van der Waals surface area contributed by atoms with Gasteiger partial charge in [0.25, 0.3) is 0 Å². The van der Waals surface area contributed by atoms with Crippen molar-refractivity contribution in [1.29, 1.82) is 0 Å².